The molecule has 0 saturated carbocycles. The Kier molecular flexibility index (Phi) is 7.63. The summed E-state index contributed by atoms with van der Waals surface area (Å²) in [7, 11) is 0. The van der Waals surface area contributed by atoms with Crippen LogP contribution in [-0.2, 0) is 30.7 Å². The molecule has 2 aromatic carbocycles. The second-order valence-corrected chi connectivity index (χ2v) is 14.3. The molecule has 1 fully saturated rings. The number of amides is 2. The van der Waals surface area contributed by atoms with Crippen LogP contribution in [-0.4, -0.2) is 65.9 Å². The predicted octanol–water partition coefficient (Wildman–Crippen LogP) is 6.26. The highest BCUT2D eigenvalue weighted by Gasteiger charge is 2.46. The number of carbonyl (C=O) groups excluding carboxylic acids is 2. The maximum absolute atomic E-state index is 14.4. The lowest BCUT2D eigenvalue weighted by Gasteiger charge is -2.36. The second-order valence-electron chi connectivity index (χ2n) is 14.3. The van der Waals surface area contributed by atoms with Crippen molar-refractivity contribution in [3.8, 4) is 11.3 Å². The molecule has 0 spiro atoms. The van der Waals surface area contributed by atoms with Gasteiger partial charge >= 0.3 is 6.09 Å². The van der Waals surface area contributed by atoms with E-state index in [0.29, 0.717) is 61.4 Å². The third-order valence-electron chi connectivity index (χ3n) is 9.71. The van der Waals surface area contributed by atoms with Crippen LogP contribution < -0.4 is 4.90 Å². The molecule has 1 saturated heterocycles. The molecule has 0 bridgehead atoms. The summed E-state index contributed by atoms with van der Waals surface area (Å²) in [6.45, 7) is 11.0. The van der Waals surface area contributed by atoms with Crippen LogP contribution in [0.25, 0.3) is 11.3 Å². The number of para-hydroxylation sites is 1. The van der Waals surface area contributed by atoms with Gasteiger partial charge in [-0.2, -0.15) is 5.10 Å². The smallest absolute Gasteiger partial charge is 0.414 e. The molecule has 1 unspecified atom stereocenters. The van der Waals surface area contributed by atoms with Crippen LogP contribution in [0.3, 0.4) is 0 Å². The van der Waals surface area contributed by atoms with Gasteiger partial charge in [-0.1, -0.05) is 23.4 Å². The summed E-state index contributed by atoms with van der Waals surface area (Å²) >= 11 is 0. The molecule has 3 aliphatic rings. The fourth-order valence-electron chi connectivity index (χ4n) is 7.50. The van der Waals surface area contributed by atoms with Gasteiger partial charge in [0.2, 0.25) is 0 Å². The van der Waals surface area contributed by atoms with Gasteiger partial charge in [-0.15, -0.1) is 5.10 Å². The van der Waals surface area contributed by atoms with Crippen molar-refractivity contribution in [1.82, 2.24) is 29.7 Å². The van der Waals surface area contributed by atoms with Gasteiger partial charge in [0.15, 0.2) is 17.5 Å². The van der Waals surface area contributed by atoms with Crippen LogP contribution in [0.15, 0.2) is 36.5 Å². The number of fused-ring (bicyclic) bond motifs is 2. The lowest BCUT2D eigenvalue weighted by atomic mass is 9.82. The van der Waals surface area contributed by atoms with Gasteiger partial charge in [0.05, 0.1) is 35.4 Å². The van der Waals surface area contributed by atoms with Crippen molar-refractivity contribution >= 4 is 17.7 Å². The van der Waals surface area contributed by atoms with E-state index in [2.05, 4.69) is 10.3 Å². The molecular formula is C35H38F3N7O3. The number of aromatic nitrogens is 5. The molecule has 13 heteroatoms. The van der Waals surface area contributed by atoms with Crippen molar-refractivity contribution in [3.05, 3.63) is 82.1 Å². The van der Waals surface area contributed by atoms with E-state index in [0.717, 1.165) is 41.1 Å². The van der Waals surface area contributed by atoms with Crippen molar-refractivity contribution in [1.29, 1.82) is 0 Å². The molecular weight excluding hydrogens is 623 g/mol. The minimum absolute atomic E-state index is 0.185. The van der Waals surface area contributed by atoms with Crippen LogP contribution in [0.2, 0.25) is 0 Å². The standard InChI is InChI=1S/C35H38F3N7O3/c1-34(2,3)48-33(47)43-14-11-20-8-6-9-22(31(20)43)26-18-42(41-39-26)19-27-29(28-10-7-13-45(28)40-27)32(46)44-15-12-23(35(44,4)5)21-16-24(36)30(38)25(37)17-21/h6,8-9,16-18,23H,7,10-15,19H2,1-5H3. The van der Waals surface area contributed by atoms with E-state index in [4.69, 9.17) is 9.84 Å². The lowest BCUT2D eigenvalue weighted by molar-refractivity contribution is 0.0582. The first-order valence-corrected chi connectivity index (χ1v) is 16.3. The number of anilines is 1. The topological polar surface area (TPSA) is 98.4 Å². The van der Waals surface area contributed by atoms with E-state index in [1.54, 1.807) is 20.7 Å². The molecule has 7 rings (SSSR count). The van der Waals surface area contributed by atoms with Crippen LogP contribution in [0, 0.1) is 17.5 Å². The van der Waals surface area contributed by atoms with Crippen molar-refractivity contribution < 1.29 is 27.5 Å². The summed E-state index contributed by atoms with van der Waals surface area (Å²) in [5.74, 6) is -4.60. The Balaban J connectivity index is 1.17. The third-order valence-corrected chi connectivity index (χ3v) is 9.71. The molecule has 4 aromatic rings. The highest BCUT2D eigenvalue weighted by Crippen LogP contribution is 2.44. The number of nitrogens with zero attached hydrogens (tertiary/aromatic N) is 7. The summed E-state index contributed by atoms with van der Waals surface area (Å²) in [4.78, 5) is 30.9. The van der Waals surface area contributed by atoms with E-state index >= 15 is 0 Å². The quantitative estimate of drug-likeness (QED) is 0.234. The van der Waals surface area contributed by atoms with Gasteiger partial charge < -0.3 is 9.64 Å². The number of rotatable bonds is 5. The van der Waals surface area contributed by atoms with Gasteiger partial charge in [0.25, 0.3) is 5.91 Å². The first kappa shape index (κ1) is 31.9. The number of halogens is 3. The summed E-state index contributed by atoms with van der Waals surface area (Å²) in [5, 5.41) is 13.6. The zero-order chi connectivity index (χ0) is 34.1. The average Bonchev–Trinajstić information content (AvgIpc) is 3.83. The maximum atomic E-state index is 14.4. The van der Waals surface area contributed by atoms with Crippen LogP contribution in [0.1, 0.15) is 86.3 Å². The fraction of sp³-hybridized carbons (Fsp3) is 0.457. The molecule has 48 heavy (non-hydrogen) atoms. The summed E-state index contributed by atoms with van der Waals surface area (Å²) in [6.07, 6.45) is 4.09. The molecule has 252 valence electrons. The number of carbonyl (C=O) groups is 2. The Bertz CT molecular complexity index is 1920. The van der Waals surface area contributed by atoms with E-state index in [1.807, 2.05) is 57.5 Å². The molecule has 2 aromatic heterocycles. The van der Waals surface area contributed by atoms with Crippen LogP contribution >= 0.6 is 0 Å². The van der Waals surface area contributed by atoms with Crippen molar-refractivity contribution in [3.63, 3.8) is 0 Å². The average molecular weight is 662 g/mol. The summed E-state index contributed by atoms with van der Waals surface area (Å²) in [5.41, 5.74) is 3.87. The Morgan fingerprint density at radius 1 is 1.04 bits per heavy atom. The van der Waals surface area contributed by atoms with E-state index in [9.17, 15) is 22.8 Å². The summed E-state index contributed by atoms with van der Waals surface area (Å²) < 4.78 is 51.3. The third kappa shape index (κ3) is 5.42. The van der Waals surface area contributed by atoms with Crippen LogP contribution in [0.5, 0.6) is 0 Å². The molecule has 3 aliphatic heterocycles. The van der Waals surface area contributed by atoms with E-state index in [1.165, 1.54) is 0 Å². The monoisotopic (exact) mass is 661 g/mol. The van der Waals surface area contributed by atoms with Gasteiger partial charge in [-0.3, -0.25) is 14.4 Å². The Hall–Kier alpha value is -4.68. The number of ether oxygens (including phenoxy) is 1. The largest absolute Gasteiger partial charge is 0.443 e. The SMILES string of the molecule is CC(C)(C)OC(=O)N1CCc2cccc(-c3cn(Cc4nn5c(c4C(=O)N4CCC(c6cc(F)c(F)c(F)c6)C4(C)C)CCC5)nn3)c21. The number of likely N-dealkylation sites (tertiary alicyclic amines) is 1. The van der Waals surface area contributed by atoms with Gasteiger partial charge in [0, 0.05) is 36.7 Å². The Morgan fingerprint density at radius 3 is 2.52 bits per heavy atom. The lowest BCUT2D eigenvalue weighted by Crippen LogP contribution is -2.45. The highest BCUT2D eigenvalue weighted by atomic mass is 19.2. The highest BCUT2D eigenvalue weighted by molar-refractivity contribution is 5.98. The molecule has 0 radical (unpaired) electrons. The Labute approximate surface area is 276 Å². The number of aryl methyl sites for hydroxylation is 1. The minimum Gasteiger partial charge on any atom is -0.443 e. The normalized spacial score (nSPS) is 18.4. The van der Waals surface area contributed by atoms with E-state index < -0.39 is 40.6 Å². The van der Waals surface area contributed by atoms with Gasteiger partial charge in [-0.05, 0) is 83.6 Å². The van der Waals surface area contributed by atoms with Crippen molar-refractivity contribution in [2.75, 3.05) is 18.0 Å². The number of hydrogen-bond acceptors (Lipinski definition) is 6. The van der Waals surface area contributed by atoms with Gasteiger partial charge in [-0.25, -0.2) is 22.6 Å². The second kappa shape index (κ2) is 11.5. The molecule has 2 amide bonds. The first-order valence-electron chi connectivity index (χ1n) is 16.3. The zero-order valence-electron chi connectivity index (χ0n) is 27.7. The number of benzene rings is 2. The molecule has 10 nitrogen and oxygen atoms in total. The fourth-order valence-corrected chi connectivity index (χ4v) is 7.50. The van der Waals surface area contributed by atoms with Crippen molar-refractivity contribution in [2.24, 2.45) is 0 Å². The molecule has 5 heterocycles. The molecule has 1 atom stereocenters. The molecule has 0 N–H and O–H groups in total. The molecule has 0 aliphatic carbocycles. The first-order chi connectivity index (χ1) is 22.7. The zero-order valence-corrected chi connectivity index (χ0v) is 27.7. The van der Waals surface area contributed by atoms with Crippen LogP contribution in [0.4, 0.5) is 23.7 Å². The number of hydrogen-bond donors (Lipinski definition) is 0. The van der Waals surface area contributed by atoms with Crippen molar-refractivity contribution in [2.45, 2.75) is 90.4 Å². The van der Waals surface area contributed by atoms with Gasteiger partial charge in [0.1, 0.15) is 11.3 Å². The summed E-state index contributed by atoms with van der Waals surface area (Å²) in [6, 6.07) is 7.88. The predicted molar refractivity (Wildman–Crippen MR) is 171 cm³/mol. The maximum Gasteiger partial charge on any atom is 0.414 e. The van der Waals surface area contributed by atoms with E-state index in [-0.39, 0.29) is 12.5 Å². The minimum atomic E-state index is -1.50. The Morgan fingerprint density at radius 2 is 1.79 bits per heavy atom.